The summed E-state index contributed by atoms with van der Waals surface area (Å²) in [4.78, 5) is 0. The molecule has 0 aliphatic rings. The van der Waals surface area contributed by atoms with E-state index in [-0.39, 0.29) is 5.92 Å². The molecule has 0 rings (SSSR count). The van der Waals surface area contributed by atoms with Crippen LogP contribution in [-0.4, -0.2) is 0 Å². The first-order valence-electron chi connectivity index (χ1n) is 3.69. The molecule has 10 heavy (non-hydrogen) atoms. The van der Waals surface area contributed by atoms with Gasteiger partial charge in [-0.25, -0.2) is 0 Å². The molecule has 0 bridgehead atoms. The SMILES string of the molecule is CCCCC#CC(C)C#N. The largest absolute Gasteiger partial charge is 0.197 e. The molecular formula is C9H13N. The van der Waals surface area contributed by atoms with Gasteiger partial charge in [-0.3, -0.25) is 0 Å². The quantitative estimate of drug-likeness (QED) is 0.421. The van der Waals surface area contributed by atoms with Gasteiger partial charge in [0, 0.05) is 6.42 Å². The number of hydrogen-bond donors (Lipinski definition) is 0. The van der Waals surface area contributed by atoms with Crippen LogP contribution in [0.3, 0.4) is 0 Å². The smallest absolute Gasteiger partial charge is 0.104 e. The standard InChI is InChI=1S/C9H13N/c1-3-4-5-6-7-9(2)8-10/h9H,3-5H2,1-2H3. The van der Waals surface area contributed by atoms with Crippen LogP contribution in [0.2, 0.25) is 0 Å². The van der Waals surface area contributed by atoms with Crippen molar-refractivity contribution in [3.05, 3.63) is 0 Å². The van der Waals surface area contributed by atoms with E-state index in [4.69, 9.17) is 5.26 Å². The molecule has 1 nitrogen and oxygen atoms in total. The predicted octanol–water partition coefficient (Wildman–Crippen LogP) is 2.34. The molecule has 1 unspecified atom stereocenters. The predicted molar refractivity (Wildman–Crippen MR) is 42.1 cm³/mol. The van der Waals surface area contributed by atoms with Crippen LogP contribution in [0.25, 0.3) is 0 Å². The number of nitriles is 1. The summed E-state index contributed by atoms with van der Waals surface area (Å²) in [6.07, 6.45) is 3.25. The highest BCUT2D eigenvalue weighted by Crippen LogP contribution is 1.92. The van der Waals surface area contributed by atoms with Gasteiger partial charge >= 0.3 is 0 Å². The summed E-state index contributed by atoms with van der Waals surface area (Å²) in [5.74, 6) is 5.72. The van der Waals surface area contributed by atoms with E-state index in [0.29, 0.717) is 0 Å². The average Bonchev–Trinajstić information content (AvgIpc) is 1.98. The molecule has 1 heteroatoms. The van der Waals surface area contributed by atoms with Crippen molar-refractivity contribution in [1.29, 1.82) is 5.26 Å². The maximum Gasteiger partial charge on any atom is 0.104 e. The minimum atomic E-state index is -0.100. The highest BCUT2D eigenvalue weighted by Gasteiger charge is 1.87. The first-order chi connectivity index (χ1) is 4.81. The highest BCUT2D eigenvalue weighted by molar-refractivity contribution is 5.09. The molecule has 0 heterocycles. The molecule has 0 saturated heterocycles. The normalized spacial score (nSPS) is 10.9. The molecule has 0 saturated carbocycles. The molecule has 0 aliphatic heterocycles. The Labute approximate surface area is 63.1 Å². The van der Waals surface area contributed by atoms with Crippen molar-refractivity contribution in [3.63, 3.8) is 0 Å². The summed E-state index contributed by atoms with van der Waals surface area (Å²) in [5.41, 5.74) is 0. The van der Waals surface area contributed by atoms with Crippen molar-refractivity contribution in [3.8, 4) is 17.9 Å². The third-order valence-electron chi connectivity index (χ3n) is 1.17. The Morgan fingerprint density at radius 3 is 2.70 bits per heavy atom. The summed E-state index contributed by atoms with van der Waals surface area (Å²) in [7, 11) is 0. The second-order valence-corrected chi connectivity index (χ2v) is 2.28. The molecular weight excluding hydrogens is 122 g/mol. The van der Waals surface area contributed by atoms with Crippen molar-refractivity contribution in [1.82, 2.24) is 0 Å². The number of rotatable bonds is 2. The van der Waals surface area contributed by atoms with E-state index < -0.39 is 0 Å². The Kier molecular flexibility index (Phi) is 5.59. The second kappa shape index (κ2) is 6.17. The van der Waals surface area contributed by atoms with Gasteiger partial charge in [0.25, 0.3) is 0 Å². The third-order valence-corrected chi connectivity index (χ3v) is 1.17. The Balaban J connectivity index is 3.41. The Bertz CT molecular complexity index is 165. The lowest BCUT2D eigenvalue weighted by Gasteiger charge is -1.85. The van der Waals surface area contributed by atoms with Crippen LogP contribution in [-0.2, 0) is 0 Å². The molecule has 0 aliphatic carbocycles. The molecule has 0 amide bonds. The van der Waals surface area contributed by atoms with E-state index in [1.165, 1.54) is 6.42 Å². The maximum atomic E-state index is 8.34. The zero-order chi connectivity index (χ0) is 7.82. The van der Waals surface area contributed by atoms with Gasteiger partial charge in [0.15, 0.2) is 0 Å². The summed E-state index contributed by atoms with van der Waals surface area (Å²) in [6.45, 7) is 3.95. The molecule has 0 aromatic heterocycles. The molecule has 0 N–H and O–H groups in total. The first kappa shape index (κ1) is 9.05. The Morgan fingerprint density at radius 2 is 2.20 bits per heavy atom. The summed E-state index contributed by atoms with van der Waals surface area (Å²) >= 11 is 0. The number of hydrogen-bond acceptors (Lipinski definition) is 1. The fourth-order valence-corrected chi connectivity index (χ4v) is 0.523. The molecule has 0 radical (unpaired) electrons. The Hall–Kier alpha value is -0.950. The van der Waals surface area contributed by atoms with Gasteiger partial charge in [-0.15, -0.1) is 5.92 Å². The van der Waals surface area contributed by atoms with Crippen LogP contribution in [0.15, 0.2) is 0 Å². The van der Waals surface area contributed by atoms with Gasteiger partial charge < -0.3 is 0 Å². The van der Waals surface area contributed by atoms with Crippen molar-refractivity contribution >= 4 is 0 Å². The molecule has 0 aromatic rings. The lowest BCUT2D eigenvalue weighted by Crippen LogP contribution is -1.81. The second-order valence-electron chi connectivity index (χ2n) is 2.28. The van der Waals surface area contributed by atoms with Crippen LogP contribution in [0.5, 0.6) is 0 Å². The molecule has 0 aromatic carbocycles. The minimum absolute atomic E-state index is 0.100. The van der Waals surface area contributed by atoms with E-state index in [1.54, 1.807) is 0 Å². The molecule has 54 valence electrons. The highest BCUT2D eigenvalue weighted by atomic mass is 14.2. The van der Waals surface area contributed by atoms with Crippen molar-refractivity contribution in [2.45, 2.75) is 33.1 Å². The van der Waals surface area contributed by atoms with Crippen LogP contribution >= 0.6 is 0 Å². The Morgan fingerprint density at radius 1 is 1.50 bits per heavy atom. The van der Waals surface area contributed by atoms with E-state index in [0.717, 1.165) is 12.8 Å². The van der Waals surface area contributed by atoms with Gasteiger partial charge in [-0.1, -0.05) is 19.3 Å². The number of nitrogens with zero attached hydrogens (tertiary/aromatic N) is 1. The molecule has 0 spiro atoms. The lowest BCUT2D eigenvalue weighted by atomic mass is 10.2. The summed E-state index contributed by atoms with van der Waals surface area (Å²) in [5, 5.41) is 8.34. The van der Waals surface area contributed by atoms with E-state index >= 15 is 0 Å². The van der Waals surface area contributed by atoms with Gasteiger partial charge in [0.1, 0.15) is 5.92 Å². The van der Waals surface area contributed by atoms with Crippen molar-refractivity contribution in [2.24, 2.45) is 5.92 Å². The van der Waals surface area contributed by atoms with Crippen molar-refractivity contribution in [2.75, 3.05) is 0 Å². The average molecular weight is 135 g/mol. The monoisotopic (exact) mass is 135 g/mol. The van der Waals surface area contributed by atoms with Gasteiger partial charge in [-0.2, -0.15) is 5.26 Å². The van der Waals surface area contributed by atoms with Crippen molar-refractivity contribution < 1.29 is 0 Å². The van der Waals surface area contributed by atoms with Crippen LogP contribution in [0, 0.1) is 29.1 Å². The first-order valence-corrected chi connectivity index (χ1v) is 3.69. The van der Waals surface area contributed by atoms with Gasteiger partial charge in [0.2, 0.25) is 0 Å². The number of unbranched alkanes of at least 4 members (excludes halogenated alkanes) is 2. The third kappa shape index (κ3) is 5.19. The fourth-order valence-electron chi connectivity index (χ4n) is 0.523. The zero-order valence-electron chi connectivity index (χ0n) is 6.65. The van der Waals surface area contributed by atoms with E-state index in [2.05, 4.69) is 24.8 Å². The van der Waals surface area contributed by atoms with Crippen LogP contribution in [0.1, 0.15) is 33.1 Å². The minimum Gasteiger partial charge on any atom is -0.197 e. The van der Waals surface area contributed by atoms with Crippen LogP contribution in [0.4, 0.5) is 0 Å². The van der Waals surface area contributed by atoms with E-state index in [1.807, 2.05) is 6.92 Å². The fraction of sp³-hybridized carbons (Fsp3) is 0.667. The lowest BCUT2D eigenvalue weighted by molar-refractivity contribution is 0.826. The molecule has 0 fully saturated rings. The molecule has 1 atom stereocenters. The maximum absolute atomic E-state index is 8.34. The summed E-state index contributed by atoms with van der Waals surface area (Å²) < 4.78 is 0. The van der Waals surface area contributed by atoms with Gasteiger partial charge in [-0.05, 0) is 13.3 Å². The topological polar surface area (TPSA) is 23.8 Å². The summed E-state index contributed by atoms with van der Waals surface area (Å²) in [6, 6.07) is 2.07. The zero-order valence-corrected chi connectivity index (χ0v) is 6.65. The van der Waals surface area contributed by atoms with Crippen LogP contribution < -0.4 is 0 Å². The van der Waals surface area contributed by atoms with Gasteiger partial charge in [0.05, 0.1) is 6.07 Å². The van der Waals surface area contributed by atoms with E-state index in [9.17, 15) is 0 Å².